The lowest BCUT2D eigenvalue weighted by Gasteiger charge is -2.15. The molecule has 0 heterocycles. The maximum Gasteiger partial charge on any atom is -0.00235 e. The van der Waals surface area contributed by atoms with Gasteiger partial charge in [0.15, 0.2) is 0 Å². The fourth-order valence-electron chi connectivity index (χ4n) is 3.92. The Morgan fingerprint density at radius 1 is 0.545 bits per heavy atom. The van der Waals surface area contributed by atoms with E-state index in [1.165, 1.54) is 48.7 Å². The largest absolute Gasteiger partial charge is 0.0610 e. The monoisotopic (exact) mass is 279 g/mol. The van der Waals surface area contributed by atoms with Crippen LogP contribution in [0.4, 0.5) is 0 Å². The van der Waals surface area contributed by atoms with Crippen LogP contribution in [0.25, 0.3) is 43.1 Å². The zero-order valence-corrected chi connectivity index (χ0v) is 12.4. The molecule has 0 saturated heterocycles. The Morgan fingerprint density at radius 3 is 1.77 bits per heavy atom. The van der Waals surface area contributed by atoms with Gasteiger partial charge in [-0.15, -0.1) is 0 Å². The molecule has 0 unspecified atom stereocenters. The summed E-state index contributed by atoms with van der Waals surface area (Å²) in [6.45, 7) is 2.11. The predicted octanol–water partition coefficient (Wildman–Crippen LogP) is 6.31. The van der Waals surface area contributed by atoms with E-state index in [-0.39, 0.29) is 0 Å². The molecular weight excluding hydrogens is 264 g/mol. The van der Waals surface area contributed by atoms with Gasteiger partial charge in [-0.3, -0.25) is 0 Å². The number of fused-ring (bicyclic) bond motifs is 2. The summed E-state index contributed by atoms with van der Waals surface area (Å²) in [5.41, 5.74) is 1.31. The number of hydrogen-bond donors (Lipinski definition) is 0. The van der Waals surface area contributed by atoms with Crippen LogP contribution >= 0.6 is 0 Å². The van der Waals surface area contributed by atoms with Crippen LogP contribution in [0.2, 0.25) is 0 Å². The average molecular weight is 279 g/mol. The fraction of sp³-hybridized carbons (Fsp3) is 0.0455. The Morgan fingerprint density at radius 2 is 1.09 bits per heavy atom. The van der Waals surface area contributed by atoms with E-state index >= 15 is 0 Å². The second-order valence-electron chi connectivity index (χ2n) is 5.93. The van der Waals surface area contributed by atoms with Crippen LogP contribution in [0.1, 0.15) is 12.5 Å². The van der Waals surface area contributed by atoms with Crippen LogP contribution < -0.4 is 0 Å². The third kappa shape index (κ3) is 1.37. The first-order valence-electron chi connectivity index (χ1n) is 7.76. The highest BCUT2D eigenvalue weighted by molar-refractivity contribution is 6.33. The van der Waals surface area contributed by atoms with Crippen molar-refractivity contribution in [3.63, 3.8) is 0 Å². The van der Waals surface area contributed by atoms with Gasteiger partial charge >= 0.3 is 0 Å². The van der Waals surface area contributed by atoms with Crippen molar-refractivity contribution >= 4 is 43.1 Å². The van der Waals surface area contributed by atoms with Crippen LogP contribution in [0, 0.1) is 6.42 Å². The van der Waals surface area contributed by atoms with Gasteiger partial charge in [-0.25, -0.2) is 0 Å². The summed E-state index contributed by atoms with van der Waals surface area (Å²) in [6.07, 6.45) is 2.20. The smallest absolute Gasteiger partial charge is 0.00235 e. The Bertz CT molecular complexity index is 1100. The predicted molar refractivity (Wildman–Crippen MR) is 96.7 cm³/mol. The van der Waals surface area contributed by atoms with Gasteiger partial charge in [-0.2, -0.15) is 0 Å². The minimum atomic E-state index is 1.31. The second kappa shape index (κ2) is 4.20. The molecule has 5 aromatic rings. The molecule has 0 amide bonds. The SMILES string of the molecule is C[CH]c1ccc2c3cccc4cccc(c5cccc1c52)c43. The Balaban J connectivity index is 2.23. The van der Waals surface area contributed by atoms with Gasteiger partial charge in [0.25, 0.3) is 0 Å². The van der Waals surface area contributed by atoms with Gasteiger partial charge in [-0.05, 0) is 55.1 Å². The molecule has 0 N–H and O–H groups in total. The highest BCUT2D eigenvalue weighted by atomic mass is 14.2. The van der Waals surface area contributed by atoms with E-state index in [0.717, 1.165) is 0 Å². The zero-order valence-electron chi connectivity index (χ0n) is 12.4. The summed E-state index contributed by atoms with van der Waals surface area (Å²) in [5.74, 6) is 0. The summed E-state index contributed by atoms with van der Waals surface area (Å²) in [6, 6.07) is 24.5. The molecule has 0 aliphatic heterocycles. The highest BCUT2D eigenvalue weighted by Gasteiger charge is 2.13. The normalized spacial score (nSPS) is 12.0. The van der Waals surface area contributed by atoms with E-state index < -0.39 is 0 Å². The molecule has 0 heteroatoms. The van der Waals surface area contributed by atoms with Gasteiger partial charge in [-0.1, -0.05) is 73.7 Å². The third-order valence-corrected chi connectivity index (χ3v) is 4.87. The molecule has 0 bridgehead atoms. The molecule has 22 heavy (non-hydrogen) atoms. The van der Waals surface area contributed by atoms with Gasteiger partial charge < -0.3 is 0 Å². The molecule has 5 aromatic carbocycles. The van der Waals surface area contributed by atoms with Crippen LogP contribution in [-0.4, -0.2) is 0 Å². The number of rotatable bonds is 1. The van der Waals surface area contributed by atoms with Crippen LogP contribution in [-0.2, 0) is 0 Å². The molecule has 0 atom stereocenters. The molecular formula is C22H15. The molecule has 0 aliphatic carbocycles. The zero-order chi connectivity index (χ0) is 14.7. The van der Waals surface area contributed by atoms with Crippen molar-refractivity contribution in [3.05, 3.63) is 78.7 Å². The van der Waals surface area contributed by atoms with Gasteiger partial charge in [0.05, 0.1) is 0 Å². The van der Waals surface area contributed by atoms with Gasteiger partial charge in [0.1, 0.15) is 0 Å². The van der Waals surface area contributed by atoms with E-state index in [2.05, 4.69) is 80.1 Å². The summed E-state index contributed by atoms with van der Waals surface area (Å²) >= 11 is 0. The van der Waals surface area contributed by atoms with Crippen molar-refractivity contribution in [3.8, 4) is 0 Å². The number of hydrogen-bond acceptors (Lipinski definition) is 0. The quantitative estimate of drug-likeness (QED) is 0.249. The minimum absolute atomic E-state index is 1.31. The molecule has 1 radical (unpaired) electrons. The summed E-state index contributed by atoms with van der Waals surface area (Å²) < 4.78 is 0. The molecule has 0 spiro atoms. The van der Waals surface area contributed by atoms with Crippen LogP contribution in [0.3, 0.4) is 0 Å². The first-order chi connectivity index (χ1) is 10.9. The Hall–Kier alpha value is -2.60. The molecule has 0 nitrogen and oxygen atoms in total. The van der Waals surface area contributed by atoms with Crippen LogP contribution in [0.15, 0.2) is 66.7 Å². The molecule has 0 aliphatic rings. The molecule has 5 rings (SSSR count). The van der Waals surface area contributed by atoms with Crippen molar-refractivity contribution in [1.29, 1.82) is 0 Å². The summed E-state index contributed by atoms with van der Waals surface area (Å²) in [5, 5.41) is 10.9. The maximum absolute atomic E-state index is 2.28. The molecule has 0 fully saturated rings. The van der Waals surface area contributed by atoms with Crippen molar-refractivity contribution in [2.24, 2.45) is 0 Å². The van der Waals surface area contributed by atoms with E-state index in [0.29, 0.717) is 0 Å². The Labute approximate surface area is 129 Å². The summed E-state index contributed by atoms with van der Waals surface area (Å²) in [4.78, 5) is 0. The highest BCUT2D eigenvalue weighted by Crippen LogP contribution is 2.40. The van der Waals surface area contributed by atoms with Crippen molar-refractivity contribution in [2.75, 3.05) is 0 Å². The molecule has 0 saturated carbocycles. The molecule has 103 valence electrons. The van der Waals surface area contributed by atoms with E-state index in [1.54, 1.807) is 0 Å². The van der Waals surface area contributed by atoms with E-state index in [9.17, 15) is 0 Å². The van der Waals surface area contributed by atoms with Crippen molar-refractivity contribution in [1.82, 2.24) is 0 Å². The topological polar surface area (TPSA) is 0 Å². The lowest BCUT2D eigenvalue weighted by Crippen LogP contribution is -1.89. The minimum Gasteiger partial charge on any atom is -0.0610 e. The van der Waals surface area contributed by atoms with Gasteiger partial charge in [0.2, 0.25) is 0 Å². The maximum atomic E-state index is 2.28. The second-order valence-corrected chi connectivity index (χ2v) is 5.93. The third-order valence-electron chi connectivity index (χ3n) is 4.87. The molecule has 0 aromatic heterocycles. The first kappa shape index (κ1) is 12.0. The lowest BCUT2D eigenvalue weighted by atomic mass is 9.88. The summed E-state index contributed by atoms with van der Waals surface area (Å²) in [7, 11) is 0. The standard InChI is InChI=1S/C22H15/c1-2-14-12-13-20-18-10-4-7-15-6-3-9-17(21(15)18)19-11-5-8-16(14)22(19)20/h2-13H,1H3. The van der Waals surface area contributed by atoms with E-state index in [1.807, 2.05) is 0 Å². The van der Waals surface area contributed by atoms with Crippen molar-refractivity contribution < 1.29 is 0 Å². The average Bonchev–Trinajstić information content (AvgIpc) is 2.59. The fourth-order valence-corrected chi connectivity index (χ4v) is 3.92. The lowest BCUT2D eigenvalue weighted by molar-refractivity contribution is 1.47. The van der Waals surface area contributed by atoms with Crippen LogP contribution in [0.5, 0.6) is 0 Å². The number of benzene rings is 5. The van der Waals surface area contributed by atoms with E-state index in [4.69, 9.17) is 0 Å². The first-order valence-corrected chi connectivity index (χ1v) is 7.76. The van der Waals surface area contributed by atoms with Crippen molar-refractivity contribution in [2.45, 2.75) is 6.92 Å². The Kier molecular flexibility index (Phi) is 2.29. The van der Waals surface area contributed by atoms with Gasteiger partial charge in [0, 0.05) is 0 Å².